The highest BCUT2D eigenvalue weighted by atomic mass is 32.2. The summed E-state index contributed by atoms with van der Waals surface area (Å²) in [5.41, 5.74) is 1.36. The molecule has 0 aliphatic carbocycles. The van der Waals surface area contributed by atoms with Crippen LogP contribution in [0.3, 0.4) is 0 Å². The lowest BCUT2D eigenvalue weighted by atomic mass is 10.0. The van der Waals surface area contributed by atoms with Gasteiger partial charge in [0.05, 0.1) is 6.20 Å². The molecule has 1 aromatic heterocycles. The van der Waals surface area contributed by atoms with E-state index >= 15 is 0 Å². The second-order valence-corrected chi connectivity index (χ2v) is 8.67. The first-order valence-corrected chi connectivity index (χ1v) is 10.2. The number of hydrogen-bond donors (Lipinski definition) is 1. The van der Waals surface area contributed by atoms with Crippen LogP contribution in [0, 0.1) is 0 Å². The van der Waals surface area contributed by atoms with Crippen LogP contribution < -0.4 is 10.0 Å². The Bertz CT molecular complexity index is 744. The molecule has 3 rings (SSSR count). The molecule has 2 aromatic rings. The van der Waals surface area contributed by atoms with Crippen LogP contribution in [0.4, 0.5) is 5.13 Å². The van der Waals surface area contributed by atoms with Gasteiger partial charge in [0.1, 0.15) is 0 Å². The summed E-state index contributed by atoms with van der Waals surface area (Å²) < 4.78 is 22.9. The minimum atomic E-state index is -3.65. The Morgan fingerprint density at radius 3 is 2.78 bits per heavy atom. The van der Waals surface area contributed by atoms with E-state index in [-0.39, 0.29) is 4.21 Å². The van der Waals surface area contributed by atoms with Gasteiger partial charge in [0.15, 0.2) is 9.34 Å². The molecule has 2 N–H and O–H groups in total. The van der Waals surface area contributed by atoms with Crippen LogP contribution in [0.5, 0.6) is 0 Å². The monoisotopic (exact) mass is 351 g/mol. The molecule has 1 aliphatic heterocycles. The van der Waals surface area contributed by atoms with E-state index in [1.165, 1.54) is 23.1 Å². The van der Waals surface area contributed by atoms with E-state index in [1.54, 1.807) is 0 Å². The van der Waals surface area contributed by atoms with Crippen LogP contribution in [-0.4, -0.2) is 26.0 Å². The van der Waals surface area contributed by atoms with Crippen molar-refractivity contribution in [1.82, 2.24) is 4.98 Å². The van der Waals surface area contributed by atoms with Gasteiger partial charge in [0.2, 0.25) is 10.0 Å². The number of nitrogens with zero attached hydrogens (tertiary/aromatic N) is 2. The molecule has 1 saturated heterocycles. The molecule has 1 atom stereocenters. The average molecular weight is 351 g/mol. The summed E-state index contributed by atoms with van der Waals surface area (Å²) in [5.74, 6) is 0. The second-order valence-electron chi connectivity index (χ2n) is 5.87. The van der Waals surface area contributed by atoms with Crippen molar-refractivity contribution in [3.63, 3.8) is 0 Å². The first kappa shape index (κ1) is 16.4. The maximum atomic E-state index is 11.4. The van der Waals surface area contributed by atoms with Crippen molar-refractivity contribution < 1.29 is 8.42 Å². The highest BCUT2D eigenvalue weighted by Gasteiger charge is 2.27. The van der Waals surface area contributed by atoms with Gasteiger partial charge in [-0.3, -0.25) is 0 Å². The molecular formula is C16H21N3O2S2. The molecule has 1 aliphatic rings. The Hall–Kier alpha value is -1.44. The molecule has 1 aromatic carbocycles. The summed E-state index contributed by atoms with van der Waals surface area (Å²) in [7, 11) is -3.65. The average Bonchev–Trinajstić information content (AvgIpc) is 3.16. The van der Waals surface area contributed by atoms with Crippen molar-refractivity contribution in [2.75, 3.05) is 11.4 Å². The smallest absolute Gasteiger partial charge is 0.249 e. The van der Waals surface area contributed by atoms with Gasteiger partial charge in [-0.25, -0.2) is 18.5 Å². The number of hydrogen-bond acceptors (Lipinski definition) is 5. The first-order chi connectivity index (χ1) is 11.0. The normalized spacial score (nSPS) is 18.5. The number of sulfonamides is 1. The van der Waals surface area contributed by atoms with Crippen LogP contribution in [0.15, 0.2) is 40.7 Å². The van der Waals surface area contributed by atoms with E-state index in [9.17, 15) is 8.42 Å². The molecular weight excluding hydrogens is 330 g/mol. The molecule has 1 fully saturated rings. The molecule has 7 heteroatoms. The van der Waals surface area contributed by atoms with Crippen LogP contribution in [0.25, 0.3) is 0 Å². The quantitative estimate of drug-likeness (QED) is 0.868. The van der Waals surface area contributed by atoms with Gasteiger partial charge in [0, 0.05) is 12.6 Å². The molecule has 23 heavy (non-hydrogen) atoms. The molecule has 0 saturated carbocycles. The Morgan fingerprint density at radius 1 is 1.30 bits per heavy atom. The standard InChI is InChI=1S/C16H21N3O2S2/c17-23(20,21)15-12-18-16(22-15)19-11-5-10-14(19)9-4-8-13-6-2-1-3-7-13/h1-3,6-7,12,14H,4-5,8-11H2,(H2,17,20,21). The molecule has 0 amide bonds. The Kier molecular flexibility index (Phi) is 4.99. The molecule has 2 heterocycles. The molecule has 0 spiro atoms. The zero-order valence-electron chi connectivity index (χ0n) is 12.9. The molecule has 124 valence electrons. The van der Waals surface area contributed by atoms with Gasteiger partial charge in [-0.2, -0.15) is 0 Å². The van der Waals surface area contributed by atoms with E-state index in [2.05, 4.69) is 34.1 Å². The van der Waals surface area contributed by atoms with Crippen LogP contribution in [0.2, 0.25) is 0 Å². The topological polar surface area (TPSA) is 76.3 Å². The summed E-state index contributed by atoms with van der Waals surface area (Å²) in [6.07, 6.45) is 6.93. The van der Waals surface area contributed by atoms with Gasteiger partial charge in [-0.15, -0.1) is 0 Å². The van der Waals surface area contributed by atoms with Crippen molar-refractivity contribution in [2.24, 2.45) is 5.14 Å². The van der Waals surface area contributed by atoms with Crippen molar-refractivity contribution in [3.8, 4) is 0 Å². The molecule has 0 radical (unpaired) electrons. The lowest BCUT2D eigenvalue weighted by molar-refractivity contribution is 0.579. The number of thiazole rings is 1. The van der Waals surface area contributed by atoms with E-state index < -0.39 is 10.0 Å². The largest absolute Gasteiger partial charge is 0.345 e. The zero-order chi connectivity index (χ0) is 16.3. The van der Waals surface area contributed by atoms with Gasteiger partial charge in [0.25, 0.3) is 0 Å². The van der Waals surface area contributed by atoms with E-state index in [1.807, 2.05) is 6.07 Å². The fraction of sp³-hybridized carbons (Fsp3) is 0.438. The molecule has 1 unspecified atom stereocenters. The predicted molar refractivity (Wildman–Crippen MR) is 93.2 cm³/mol. The minimum Gasteiger partial charge on any atom is -0.345 e. The third-order valence-corrected chi connectivity index (χ3v) is 6.66. The fourth-order valence-corrected chi connectivity index (χ4v) is 4.73. The van der Waals surface area contributed by atoms with Gasteiger partial charge >= 0.3 is 0 Å². The molecule has 0 bridgehead atoms. The van der Waals surface area contributed by atoms with Crippen LogP contribution in [0.1, 0.15) is 31.2 Å². The maximum Gasteiger partial charge on any atom is 0.249 e. The Labute approximate surface area is 141 Å². The molecule has 5 nitrogen and oxygen atoms in total. The second kappa shape index (κ2) is 6.98. The summed E-state index contributed by atoms with van der Waals surface area (Å²) >= 11 is 1.17. The van der Waals surface area contributed by atoms with Crippen molar-refractivity contribution in [2.45, 2.75) is 42.4 Å². The van der Waals surface area contributed by atoms with Crippen molar-refractivity contribution in [3.05, 3.63) is 42.1 Å². The summed E-state index contributed by atoms with van der Waals surface area (Å²) in [6, 6.07) is 10.9. The number of benzene rings is 1. The van der Waals surface area contributed by atoms with Crippen molar-refractivity contribution in [1.29, 1.82) is 0 Å². The van der Waals surface area contributed by atoms with Crippen LogP contribution >= 0.6 is 11.3 Å². The van der Waals surface area contributed by atoms with Gasteiger partial charge in [-0.05, 0) is 37.7 Å². The highest BCUT2D eigenvalue weighted by molar-refractivity contribution is 7.91. The summed E-state index contributed by atoms with van der Waals surface area (Å²) in [5, 5.41) is 5.95. The zero-order valence-corrected chi connectivity index (χ0v) is 14.5. The number of rotatable bonds is 6. The van der Waals surface area contributed by atoms with Crippen LogP contribution in [-0.2, 0) is 16.4 Å². The number of anilines is 1. The maximum absolute atomic E-state index is 11.4. The minimum absolute atomic E-state index is 0.141. The Morgan fingerprint density at radius 2 is 2.09 bits per heavy atom. The van der Waals surface area contributed by atoms with Gasteiger partial charge in [-0.1, -0.05) is 41.7 Å². The van der Waals surface area contributed by atoms with Gasteiger partial charge < -0.3 is 4.90 Å². The number of primary sulfonamides is 1. The van der Waals surface area contributed by atoms with E-state index in [0.29, 0.717) is 6.04 Å². The third kappa shape index (κ3) is 4.10. The number of aromatic nitrogens is 1. The summed E-state index contributed by atoms with van der Waals surface area (Å²) in [6.45, 7) is 0.938. The lowest BCUT2D eigenvalue weighted by Crippen LogP contribution is -2.29. The number of aryl methyl sites for hydroxylation is 1. The summed E-state index contributed by atoms with van der Waals surface area (Å²) in [4.78, 5) is 6.51. The number of nitrogens with two attached hydrogens (primary N) is 1. The SMILES string of the molecule is NS(=O)(=O)c1cnc(N2CCCC2CCCc2ccccc2)s1. The lowest BCUT2D eigenvalue weighted by Gasteiger charge is -2.23. The predicted octanol–water partition coefficient (Wildman–Crippen LogP) is 2.78. The fourth-order valence-electron chi connectivity index (χ4n) is 3.09. The highest BCUT2D eigenvalue weighted by Crippen LogP contribution is 2.32. The Balaban J connectivity index is 1.60. The van der Waals surface area contributed by atoms with Crippen molar-refractivity contribution >= 4 is 26.5 Å². The van der Waals surface area contributed by atoms with E-state index in [0.717, 1.165) is 43.8 Å². The first-order valence-electron chi connectivity index (χ1n) is 7.83. The van der Waals surface area contributed by atoms with E-state index in [4.69, 9.17) is 5.14 Å². The third-order valence-electron chi connectivity index (χ3n) is 4.22.